The Morgan fingerprint density at radius 2 is 1.90 bits per heavy atom. The lowest BCUT2D eigenvalue weighted by molar-refractivity contribution is -0.160. The first-order valence-electron chi connectivity index (χ1n) is 6.49. The number of hydrogen-bond donors (Lipinski definition) is 1. The Morgan fingerprint density at radius 3 is 2.48 bits per heavy atom. The smallest absolute Gasteiger partial charge is 0.339 e. The van der Waals surface area contributed by atoms with Gasteiger partial charge in [0.2, 0.25) is 5.91 Å². The molecule has 0 aromatic heterocycles. The largest absolute Gasteiger partial charge is 0.391 e. The van der Waals surface area contributed by atoms with Gasteiger partial charge in [-0.25, -0.2) is 0 Å². The average Bonchev–Trinajstić information content (AvgIpc) is 2.40. The third-order valence-electron chi connectivity index (χ3n) is 3.34. The van der Waals surface area contributed by atoms with Crippen molar-refractivity contribution in [2.45, 2.75) is 31.6 Å². The molecule has 1 aromatic rings. The highest BCUT2D eigenvalue weighted by molar-refractivity contribution is 5.95. The fraction of sp³-hybridized carbons (Fsp3) is 0.429. The summed E-state index contributed by atoms with van der Waals surface area (Å²) in [6.45, 7) is 0.950. The van der Waals surface area contributed by atoms with Crippen molar-refractivity contribution >= 4 is 11.8 Å². The molecule has 1 heterocycles. The fourth-order valence-electron chi connectivity index (χ4n) is 2.36. The number of benzene rings is 1. The molecule has 1 aliphatic heterocycles. The molecule has 114 valence electrons. The standard InChI is InChI=1S/C14H15F3N2O2/c1-9(7-14(15,16)17)19-8-11(20)18-12(13(19)21)10-5-3-2-4-6-10/h2-6,9,12H,7-8H2,1H3,(H,18,20). The van der Waals surface area contributed by atoms with E-state index in [9.17, 15) is 22.8 Å². The minimum absolute atomic E-state index is 0.348. The summed E-state index contributed by atoms with van der Waals surface area (Å²) < 4.78 is 37.4. The Balaban J connectivity index is 2.20. The highest BCUT2D eigenvalue weighted by Gasteiger charge is 2.40. The zero-order valence-corrected chi connectivity index (χ0v) is 11.4. The minimum atomic E-state index is -4.38. The summed E-state index contributed by atoms with van der Waals surface area (Å²) >= 11 is 0. The van der Waals surface area contributed by atoms with Crippen molar-refractivity contribution in [3.63, 3.8) is 0 Å². The van der Waals surface area contributed by atoms with Crippen LogP contribution < -0.4 is 5.32 Å². The molecular formula is C14H15F3N2O2. The molecule has 1 aliphatic rings. The predicted octanol–water partition coefficient (Wildman–Crippen LogP) is 2.03. The number of rotatable bonds is 3. The lowest BCUT2D eigenvalue weighted by Crippen LogP contribution is -2.56. The number of carbonyl (C=O) groups is 2. The first-order valence-corrected chi connectivity index (χ1v) is 6.49. The number of nitrogens with zero attached hydrogens (tertiary/aromatic N) is 1. The van der Waals surface area contributed by atoms with Crippen LogP contribution in [-0.2, 0) is 9.59 Å². The van der Waals surface area contributed by atoms with E-state index in [1.54, 1.807) is 30.3 Å². The SMILES string of the molecule is CC(CC(F)(F)F)N1CC(=O)NC(c2ccccc2)C1=O. The zero-order valence-electron chi connectivity index (χ0n) is 11.4. The van der Waals surface area contributed by atoms with Crippen molar-refractivity contribution in [3.05, 3.63) is 35.9 Å². The number of carbonyl (C=O) groups excluding carboxylic acids is 2. The van der Waals surface area contributed by atoms with Crippen LogP contribution in [0.25, 0.3) is 0 Å². The van der Waals surface area contributed by atoms with Crippen LogP contribution >= 0.6 is 0 Å². The van der Waals surface area contributed by atoms with Gasteiger partial charge in [-0.1, -0.05) is 30.3 Å². The van der Waals surface area contributed by atoms with Gasteiger partial charge in [0.25, 0.3) is 5.91 Å². The molecular weight excluding hydrogens is 285 g/mol. The third-order valence-corrected chi connectivity index (χ3v) is 3.34. The summed E-state index contributed by atoms with van der Waals surface area (Å²) in [4.78, 5) is 25.0. The van der Waals surface area contributed by atoms with E-state index in [2.05, 4.69) is 5.32 Å². The van der Waals surface area contributed by atoms with Crippen LogP contribution in [-0.4, -0.2) is 35.5 Å². The van der Waals surface area contributed by atoms with E-state index >= 15 is 0 Å². The number of amides is 2. The molecule has 4 nitrogen and oxygen atoms in total. The Labute approximate surface area is 119 Å². The summed E-state index contributed by atoms with van der Waals surface area (Å²) in [5.74, 6) is -0.977. The van der Waals surface area contributed by atoms with Crippen LogP contribution in [0.15, 0.2) is 30.3 Å². The monoisotopic (exact) mass is 300 g/mol. The van der Waals surface area contributed by atoms with Crippen LogP contribution in [0, 0.1) is 0 Å². The van der Waals surface area contributed by atoms with E-state index in [4.69, 9.17) is 0 Å². The van der Waals surface area contributed by atoms with Crippen molar-refractivity contribution in [1.82, 2.24) is 10.2 Å². The molecule has 1 saturated heterocycles. The Kier molecular flexibility index (Phi) is 4.20. The molecule has 1 fully saturated rings. The Bertz CT molecular complexity index is 531. The van der Waals surface area contributed by atoms with Gasteiger partial charge in [0.1, 0.15) is 6.04 Å². The van der Waals surface area contributed by atoms with E-state index in [0.717, 1.165) is 4.90 Å². The van der Waals surface area contributed by atoms with Gasteiger partial charge in [0.05, 0.1) is 13.0 Å². The third kappa shape index (κ3) is 3.74. The molecule has 21 heavy (non-hydrogen) atoms. The van der Waals surface area contributed by atoms with E-state index in [1.165, 1.54) is 6.92 Å². The lowest BCUT2D eigenvalue weighted by atomic mass is 10.0. The summed E-state index contributed by atoms with van der Waals surface area (Å²) in [7, 11) is 0. The van der Waals surface area contributed by atoms with Crippen LogP contribution in [0.3, 0.4) is 0 Å². The summed E-state index contributed by atoms with van der Waals surface area (Å²) in [6.07, 6.45) is -5.51. The molecule has 0 aliphatic carbocycles. The molecule has 0 saturated carbocycles. The second-order valence-electron chi connectivity index (χ2n) is 5.05. The first kappa shape index (κ1) is 15.3. The van der Waals surface area contributed by atoms with E-state index in [0.29, 0.717) is 5.56 Å². The van der Waals surface area contributed by atoms with Crippen molar-refractivity contribution in [3.8, 4) is 0 Å². The maximum atomic E-state index is 12.5. The van der Waals surface area contributed by atoms with Crippen LogP contribution in [0.5, 0.6) is 0 Å². The van der Waals surface area contributed by atoms with Gasteiger partial charge in [-0.2, -0.15) is 13.2 Å². The summed E-state index contributed by atoms with van der Waals surface area (Å²) in [5.41, 5.74) is 0.555. The van der Waals surface area contributed by atoms with Crippen molar-refractivity contribution < 1.29 is 22.8 Å². The minimum Gasteiger partial charge on any atom is -0.339 e. The molecule has 1 N–H and O–H groups in total. The summed E-state index contributed by atoms with van der Waals surface area (Å²) in [6, 6.07) is 6.46. The molecule has 0 radical (unpaired) electrons. The molecule has 2 atom stereocenters. The second-order valence-corrected chi connectivity index (χ2v) is 5.05. The molecule has 2 rings (SSSR count). The van der Waals surface area contributed by atoms with Gasteiger partial charge < -0.3 is 10.2 Å². The van der Waals surface area contributed by atoms with Crippen molar-refractivity contribution in [1.29, 1.82) is 0 Å². The molecule has 0 bridgehead atoms. The summed E-state index contributed by atoms with van der Waals surface area (Å²) in [5, 5.41) is 2.52. The van der Waals surface area contributed by atoms with Crippen molar-refractivity contribution in [2.75, 3.05) is 6.54 Å². The van der Waals surface area contributed by atoms with Gasteiger partial charge in [0, 0.05) is 6.04 Å². The fourth-order valence-corrected chi connectivity index (χ4v) is 2.36. The highest BCUT2D eigenvalue weighted by atomic mass is 19.4. The maximum absolute atomic E-state index is 12.5. The van der Waals surface area contributed by atoms with Gasteiger partial charge in [-0.3, -0.25) is 9.59 Å². The van der Waals surface area contributed by atoms with Crippen molar-refractivity contribution in [2.24, 2.45) is 0 Å². The van der Waals surface area contributed by atoms with Gasteiger partial charge in [-0.05, 0) is 12.5 Å². The highest BCUT2D eigenvalue weighted by Crippen LogP contribution is 2.27. The predicted molar refractivity (Wildman–Crippen MR) is 69.2 cm³/mol. The maximum Gasteiger partial charge on any atom is 0.391 e. The lowest BCUT2D eigenvalue weighted by Gasteiger charge is -2.36. The van der Waals surface area contributed by atoms with Crippen LogP contribution in [0.2, 0.25) is 0 Å². The number of hydrogen-bond acceptors (Lipinski definition) is 2. The van der Waals surface area contributed by atoms with Gasteiger partial charge >= 0.3 is 6.18 Å². The second kappa shape index (κ2) is 5.75. The molecule has 2 amide bonds. The molecule has 0 spiro atoms. The zero-order chi connectivity index (χ0) is 15.6. The number of alkyl halides is 3. The number of nitrogens with one attached hydrogen (secondary N) is 1. The molecule has 1 aromatic carbocycles. The van der Waals surface area contributed by atoms with E-state index < -0.39 is 36.5 Å². The van der Waals surface area contributed by atoms with E-state index in [1.807, 2.05) is 0 Å². The van der Waals surface area contributed by atoms with Crippen LogP contribution in [0.1, 0.15) is 24.9 Å². The molecule has 7 heteroatoms. The number of halogens is 3. The quantitative estimate of drug-likeness (QED) is 0.928. The Morgan fingerprint density at radius 1 is 1.29 bits per heavy atom. The van der Waals surface area contributed by atoms with Crippen LogP contribution in [0.4, 0.5) is 13.2 Å². The normalized spacial score (nSPS) is 21.1. The Hall–Kier alpha value is -2.05. The first-order chi connectivity index (χ1) is 9.78. The topological polar surface area (TPSA) is 49.4 Å². The van der Waals surface area contributed by atoms with E-state index in [-0.39, 0.29) is 6.54 Å². The van der Waals surface area contributed by atoms with Gasteiger partial charge in [0.15, 0.2) is 0 Å². The van der Waals surface area contributed by atoms with Gasteiger partial charge in [-0.15, -0.1) is 0 Å². The molecule has 2 unspecified atom stereocenters. The average molecular weight is 300 g/mol. The number of piperazine rings is 1.